The number of thiophene rings is 1. The second-order valence-electron chi connectivity index (χ2n) is 7.27. The van der Waals surface area contributed by atoms with Crippen LogP contribution >= 0.6 is 11.3 Å². The molecule has 7 heteroatoms. The SMILES string of the molecule is COc1ccc(-c2cc3c(s2)C(=O)[NH+](CC(=O)Nc2cc(C)cc(C)c2)C=N3)cc1. The molecule has 2 aromatic carbocycles. The van der Waals surface area contributed by atoms with Crippen LogP contribution in [0.2, 0.25) is 0 Å². The average molecular weight is 421 g/mol. The molecule has 0 aliphatic carbocycles. The fourth-order valence-corrected chi connectivity index (χ4v) is 4.52. The number of carbonyl (C=O) groups excluding carboxylic acids is 2. The molecule has 1 unspecified atom stereocenters. The summed E-state index contributed by atoms with van der Waals surface area (Å²) in [6.07, 6.45) is 1.51. The summed E-state index contributed by atoms with van der Waals surface area (Å²) >= 11 is 1.39. The number of aliphatic imine (C=N–C) groups is 1. The topological polar surface area (TPSA) is 72.2 Å². The third-order valence-electron chi connectivity index (χ3n) is 4.80. The Balaban J connectivity index is 1.48. The Kier molecular flexibility index (Phi) is 5.48. The number of methoxy groups -OCH3 is 1. The highest BCUT2D eigenvalue weighted by Crippen LogP contribution is 2.37. The Hall–Kier alpha value is -3.29. The van der Waals surface area contributed by atoms with E-state index in [1.807, 2.05) is 62.4 Å². The molecule has 0 spiro atoms. The number of nitrogens with one attached hydrogen (secondary N) is 2. The van der Waals surface area contributed by atoms with Gasteiger partial charge in [0.25, 0.3) is 5.91 Å². The molecule has 30 heavy (non-hydrogen) atoms. The van der Waals surface area contributed by atoms with E-state index in [1.54, 1.807) is 7.11 Å². The lowest BCUT2D eigenvalue weighted by Crippen LogP contribution is -3.15. The molecule has 1 atom stereocenters. The van der Waals surface area contributed by atoms with Crippen LogP contribution in [0.1, 0.15) is 20.8 Å². The molecule has 0 fully saturated rings. The number of fused-ring (bicyclic) bond motifs is 1. The van der Waals surface area contributed by atoms with Crippen molar-refractivity contribution < 1.29 is 19.2 Å². The standard InChI is InChI=1S/C23H21N3O3S/c1-14-8-15(2)10-17(9-14)25-21(27)12-26-13-24-19-11-20(30-22(19)23(26)28)16-4-6-18(29-3)7-5-16/h4-11,13H,12H2,1-3H3,(H,25,27)/p+1. The smallest absolute Gasteiger partial charge is 0.362 e. The summed E-state index contributed by atoms with van der Waals surface area (Å²) in [5.41, 5.74) is 4.52. The normalized spacial score (nSPS) is 15.0. The zero-order valence-electron chi connectivity index (χ0n) is 17.0. The average Bonchev–Trinajstić information content (AvgIpc) is 3.14. The molecule has 0 saturated heterocycles. The number of rotatable bonds is 5. The molecule has 1 aromatic heterocycles. The number of hydrogen-bond donors (Lipinski definition) is 2. The molecule has 2 N–H and O–H groups in total. The van der Waals surface area contributed by atoms with E-state index in [4.69, 9.17) is 4.74 Å². The van der Waals surface area contributed by atoms with E-state index < -0.39 is 0 Å². The first-order chi connectivity index (χ1) is 14.4. The summed E-state index contributed by atoms with van der Waals surface area (Å²) in [6.45, 7) is 3.95. The molecule has 2 heterocycles. The summed E-state index contributed by atoms with van der Waals surface area (Å²) < 4.78 is 5.19. The third kappa shape index (κ3) is 4.17. The Morgan fingerprint density at radius 1 is 1.10 bits per heavy atom. The number of amides is 2. The van der Waals surface area contributed by atoms with E-state index in [0.29, 0.717) is 15.5 Å². The van der Waals surface area contributed by atoms with Crippen molar-refractivity contribution in [3.8, 4) is 16.2 Å². The Labute approximate surface area is 178 Å². The Morgan fingerprint density at radius 2 is 1.80 bits per heavy atom. The quantitative estimate of drug-likeness (QED) is 0.665. The fraction of sp³-hybridized carbons (Fsp3) is 0.174. The number of aryl methyl sites for hydroxylation is 2. The molecule has 0 saturated carbocycles. The van der Waals surface area contributed by atoms with Gasteiger partial charge in [0.15, 0.2) is 17.8 Å². The molecule has 1 aliphatic rings. The lowest BCUT2D eigenvalue weighted by Gasteiger charge is -2.14. The second-order valence-corrected chi connectivity index (χ2v) is 8.32. The van der Waals surface area contributed by atoms with Crippen LogP contribution in [-0.2, 0) is 4.79 Å². The van der Waals surface area contributed by atoms with Crippen molar-refractivity contribution in [2.45, 2.75) is 13.8 Å². The van der Waals surface area contributed by atoms with E-state index >= 15 is 0 Å². The first-order valence-corrected chi connectivity index (χ1v) is 10.4. The van der Waals surface area contributed by atoms with E-state index in [2.05, 4.69) is 10.3 Å². The zero-order valence-corrected chi connectivity index (χ0v) is 17.8. The summed E-state index contributed by atoms with van der Waals surface area (Å²) in [5.74, 6) is 0.408. The summed E-state index contributed by atoms with van der Waals surface area (Å²) in [5, 5.41) is 2.88. The Morgan fingerprint density at radius 3 is 2.47 bits per heavy atom. The van der Waals surface area contributed by atoms with Crippen LogP contribution in [0.3, 0.4) is 0 Å². The van der Waals surface area contributed by atoms with Crippen LogP contribution in [-0.4, -0.2) is 31.8 Å². The van der Waals surface area contributed by atoms with Crippen molar-refractivity contribution in [3.63, 3.8) is 0 Å². The fourth-order valence-electron chi connectivity index (χ4n) is 3.44. The van der Waals surface area contributed by atoms with Gasteiger partial charge < -0.3 is 10.1 Å². The highest BCUT2D eigenvalue weighted by molar-refractivity contribution is 7.18. The molecule has 0 radical (unpaired) electrons. The van der Waals surface area contributed by atoms with Gasteiger partial charge in [0.1, 0.15) is 5.75 Å². The van der Waals surface area contributed by atoms with E-state index in [-0.39, 0.29) is 18.4 Å². The van der Waals surface area contributed by atoms with Gasteiger partial charge in [-0.1, -0.05) is 6.07 Å². The largest absolute Gasteiger partial charge is 0.497 e. The maximum Gasteiger partial charge on any atom is 0.362 e. The minimum Gasteiger partial charge on any atom is -0.497 e. The van der Waals surface area contributed by atoms with Crippen LogP contribution in [0.25, 0.3) is 10.4 Å². The third-order valence-corrected chi connectivity index (χ3v) is 5.97. The monoisotopic (exact) mass is 420 g/mol. The van der Waals surface area contributed by atoms with Crippen LogP contribution in [0, 0.1) is 13.8 Å². The van der Waals surface area contributed by atoms with Crippen LogP contribution in [0.15, 0.2) is 53.5 Å². The number of benzene rings is 2. The van der Waals surface area contributed by atoms with Crippen molar-refractivity contribution in [1.29, 1.82) is 0 Å². The minimum absolute atomic E-state index is 0.00939. The minimum atomic E-state index is -0.231. The predicted molar refractivity (Wildman–Crippen MR) is 119 cm³/mol. The van der Waals surface area contributed by atoms with Crippen LogP contribution in [0.5, 0.6) is 5.75 Å². The van der Waals surface area contributed by atoms with Gasteiger partial charge in [-0.2, -0.15) is 0 Å². The van der Waals surface area contributed by atoms with Crippen molar-refractivity contribution >= 4 is 40.9 Å². The number of anilines is 1. The van der Waals surface area contributed by atoms with Gasteiger partial charge in [0, 0.05) is 10.6 Å². The maximum atomic E-state index is 12.9. The van der Waals surface area contributed by atoms with E-state index in [9.17, 15) is 9.59 Å². The molecule has 1 aliphatic heterocycles. The first kappa shape index (κ1) is 20.0. The molecular weight excluding hydrogens is 398 g/mol. The second kappa shape index (κ2) is 8.22. The molecule has 2 amide bonds. The summed E-state index contributed by atoms with van der Waals surface area (Å²) in [6, 6.07) is 15.4. The number of ether oxygens (including phenoxy) is 1. The van der Waals surface area contributed by atoms with Crippen LogP contribution < -0.4 is 15.0 Å². The maximum absolute atomic E-state index is 12.9. The first-order valence-electron chi connectivity index (χ1n) is 9.54. The van der Waals surface area contributed by atoms with Gasteiger partial charge in [-0.05, 0) is 73.0 Å². The number of carbonyl (C=O) groups is 2. The predicted octanol–water partition coefficient (Wildman–Crippen LogP) is 3.38. The highest BCUT2D eigenvalue weighted by atomic mass is 32.1. The molecule has 6 nitrogen and oxygen atoms in total. The summed E-state index contributed by atoms with van der Waals surface area (Å²) in [4.78, 5) is 31.8. The lowest BCUT2D eigenvalue weighted by atomic mass is 10.1. The van der Waals surface area contributed by atoms with Crippen molar-refractivity contribution in [1.82, 2.24) is 0 Å². The van der Waals surface area contributed by atoms with Crippen molar-refractivity contribution in [2.24, 2.45) is 4.99 Å². The van der Waals surface area contributed by atoms with Crippen molar-refractivity contribution in [2.75, 3.05) is 19.0 Å². The van der Waals surface area contributed by atoms with Gasteiger partial charge in [-0.25, -0.2) is 14.7 Å². The van der Waals surface area contributed by atoms with Gasteiger partial charge in [-0.15, -0.1) is 11.3 Å². The van der Waals surface area contributed by atoms with Gasteiger partial charge in [0.05, 0.1) is 12.8 Å². The Bertz CT molecular complexity index is 1130. The van der Waals surface area contributed by atoms with E-state index in [0.717, 1.165) is 33.0 Å². The van der Waals surface area contributed by atoms with E-state index in [1.165, 1.54) is 17.7 Å². The number of hydrogen-bond acceptors (Lipinski definition) is 5. The number of nitrogens with zero attached hydrogens (tertiary/aromatic N) is 1. The summed E-state index contributed by atoms with van der Waals surface area (Å²) in [7, 11) is 1.62. The molecule has 3 aromatic rings. The molecular formula is C23H22N3O3S+. The molecule has 4 rings (SSSR count). The van der Waals surface area contributed by atoms with Crippen LogP contribution in [0.4, 0.5) is 11.4 Å². The number of quaternary nitrogens is 1. The molecule has 152 valence electrons. The lowest BCUT2D eigenvalue weighted by molar-refractivity contribution is -0.694. The van der Waals surface area contributed by atoms with Gasteiger partial charge >= 0.3 is 5.91 Å². The van der Waals surface area contributed by atoms with Gasteiger partial charge in [-0.3, -0.25) is 4.79 Å². The highest BCUT2D eigenvalue weighted by Gasteiger charge is 2.31. The van der Waals surface area contributed by atoms with Crippen molar-refractivity contribution in [3.05, 3.63) is 64.5 Å². The molecule has 0 bridgehead atoms. The van der Waals surface area contributed by atoms with Gasteiger partial charge in [0.2, 0.25) is 0 Å². The zero-order chi connectivity index (χ0) is 21.3.